The summed E-state index contributed by atoms with van der Waals surface area (Å²) in [5.74, 6) is 0.303. The fourth-order valence-electron chi connectivity index (χ4n) is 4.94. The minimum Gasteiger partial charge on any atom is -0.398 e. The molecule has 2 heterocycles. The van der Waals surface area contributed by atoms with Crippen LogP contribution in [0.2, 0.25) is 0 Å². The van der Waals surface area contributed by atoms with Crippen molar-refractivity contribution in [1.82, 2.24) is 19.8 Å². The molecule has 1 aromatic carbocycles. The van der Waals surface area contributed by atoms with Crippen LogP contribution >= 0.6 is 0 Å². The molecular weight excluding hydrogens is 526 g/mol. The predicted octanol–water partition coefficient (Wildman–Crippen LogP) is 5.99. The molecule has 9 nitrogen and oxygen atoms in total. The second kappa shape index (κ2) is 22.4. The van der Waals surface area contributed by atoms with Gasteiger partial charge in [-0.15, -0.1) is 0 Å². The van der Waals surface area contributed by atoms with Gasteiger partial charge in [-0.3, -0.25) is 14.6 Å². The monoisotopic (exact) mass is 583 g/mol. The van der Waals surface area contributed by atoms with Crippen molar-refractivity contribution in [3.8, 4) is 6.07 Å². The van der Waals surface area contributed by atoms with Crippen LogP contribution in [0.15, 0.2) is 29.6 Å². The number of aromatic nitrogens is 2. The molecule has 5 N–H and O–H groups in total. The van der Waals surface area contributed by atoms with Gasteiger partial charge >= 0.3 is 0 Å². The maximum absolute atomic E-state index is 10.9. The number of nitrogen functional groups attached to an aromatic ring is 2. The zero-order valence-electron chi connectivity index (χ0n) is 27.5. The Bertz CT molecular complexity index is 1110. The molecule has 236 valence electrons. The van der Waals surface area contributed by atoms with Crippen LogP contribution in [0.25, 0.3) is 6.08 Å². The molecular formula is C33H57N7O2. The van der Waals surface area contributed by atoms with E-state index in [9.17, 15) is 4.79 Å². The maximum atomic E-state index is 10.9. The van der Waals surface area contributed by atoms with E-state index in [0.29, 0.717) is 22.8 Å². The van der Waals surface area contributed by atoms with E-state index in [4.69, 9.17) is 16.7 Å². The van der Waals surface area contributed by atoms with Crippen LogP contribution < -0.4 is 17.0 Å². The number of unbranched alkanes of at least 4 members (excludes halogenated alkanes) is 1. The van der Waals surface area contributed by atoms with E-state index in [-0.39, 0.29) is 5.56 Å². The van der Waals surface area contributed by atoms with E-state index in [1.807, 2.05) is 26.0 Å². The van der Waals surface area contributed by atoms with Gasteiger partial charge in [0.1, 0.15) is 11.5 Å². The minimum atomic E-state index is -0.228. The number of ether oxygens (including phenoxy) is 1. The first-order valence-electron chi connectivity index (χ1n) is 15.3. The topological polar surface area (TPSA) is 137 Å². The molecule has 2 aromatic rings. The Kier molecular flexibility index (Phi) is 20.7. The van der Waals surface area contributed by atoms with Gasteiger partial charge in [-0.1, -0.05) is 53.7 Å². The van der Waals surface area contributed by atoms with Crippen molar-refractivity contribution in [2.45, 2.75) is 98.7 Å². The Labute approximate surface area is 255 Å². The molecule has 0 aliphatic carbocycles. The van der Waals surface area contributed by atoms with Crippen LogP contribution in [0, 0.1) is 18.3 Å². The lowest BCUT2D eigenvalue weighted by atomic mass is 9.98. The van der Waals surface area contributed by atoms with Gasteiger partial charge in [0.15, 0.2) is 0 Å². The van der Waals surface area contributed by atoms with Crippen LogP contribution in [-0.4, -0.2) is 65.7 Å². The standard InChI is InChI=1S/C22H36N4.C7H9N3O.C2H6O.C2H6/c1-4-7-12-26(20(5-2)6-3)21-10-13-25(14-11-21)17-19-9-8-18(16-23)15-22(19)24;1-3-5-6(8)9-4(2)7(11)10-5;1-3-2;1-2/h8-9,15,20-21H,4-7,10-14,17,24H2,1-3H3;3H,1H2,2H3,(H2,8,9)(H,10,11);1-2H3;1-2H3. The molecule has 0 unspecified atom stereocenters. The third kappa shape index (κ3) is 13.2. The van der Waals surface area contributed by atoms with Crippen molar-refractivity contribution < 1.29 is 4.74 Å². The third-order valence-electron chi connectivity index (χ3n) is 7.22. The van der Waals surface area contributed by atoms with Crippen molar-refractivity contribution in [1.29, 1.82) is 5.26 Å². The maximum Gasteiger partial charge on any atom is 0.269 e. The van der Waals surface area contributed by atoms with Crippen molar-refractivity contribution in [3.63, 3.8) is 0 Å². The van der Waals surface area contributed by atoms with Gasteiger partial charge in [-0.2, -0.15) is 5.26 Å². The van der Waals surface area contributed by atoms with E-state index in [0.717, 1.165) is 43.0 Å². The minimum absolute atomic E-state index is 0.228. The summed E-state index contributed by atoms with van der Waals surface area (Å²) in [5.41, 5.74) is 14.7. The lowest BCUT2D eigenvalue weighted by Gasteiger charge is -2.42. The summed E-state index contributed by atoms with van der Waals surface area (Å²) in [6.45, 7) is 20.4. The first kappa shape index (κ1) is 38.8. The lowest BCUT2D eigenvalue weighted by molar-refractivity contribution is 0.0658. The number of anilines is 2. The highest BCUT2D eigenvalue weighted by Crippen LogP contribution is 2.24. The molecule has 1 aromatic heterocycles. The molecule has 0 atom stereocenters. The lowest BCUT2D eigenvalue weighted by Crippen LogP contribution is -2.49. The summed E-state index contributed by atoms with van der Waals surface area (Å²) >= 11 is 0. The molecule has 0 radical (unpaired) electrons. The zero-order valence-corrected chi connectivity index (χ0v) is 27.5. The van der Waals surface area contributed by atoms with Crippen LogP contribution in [0.4, 0.5) is 11.5 Å². The fourth-order valence-corrected chi connectivity index (χ4v) is 4.94. The van der Waals surface area contributed by atoms with Crippen molar-refractivity contribution in [2.24, 2.45) is 0 Å². The first-order valence-corrected chi connectivity index (χ1v) is 15.3. The largest absolute Gasteiger partial charge is 0.398 e. The molecule has 0 saturated carbocycles. The van der Waals surface area contributed by atoms with Crippen molar-refractivity contribution in [2.75, 3.05) is 45.3 Å². The zero-order chi connectivity index (χ0) is 32.1. The normalized spacial score (nSPS) is 13.2. The number of hydrogen-bond donors (Lipinski definition) is 3. The highest BCUT2D eigenvalue weighted by molar-refractivity contribution is 5.55. The number of methoxy groups -OCH3 is 1. The molecule has 1 aliphatic rings. The molecule has 1 aliphatic heterocycles. The van der Waals surface area contributed by atoms with Gasteiger partial charge in [0.25, 0.3) is 5.56 Å². The third-order valence-corrected chi connectivity index (χ3v) is 7.22. The van der Waals surface area contributed by atoms with E-state index < -0.39 is 0 Å². The number of H-pyrrole nitrogens is 1. The van der Waals surface area contributed by atoms with Crippen LogP contribution in [-0.2, 0) is 11.3 Å². The Morgan fingerprint density at radius 1 is 1.21 bits per heavy atom. The number of aryl methyl sites for hydroxylation is 1. The summed E-state index contributed by atoms with van der Waals surface area (Å²) < 4.78 is 4.25. The quantitative estimate of drug-likeness (QED) is 0.290. The molecule has 0 spiro atoms. The molecule has 3 rings (SSSR count). The molecule has 42 heavy (non-hydrogen) atoms. The van der Waals surface area contributed by atoms with E-state index in [1.54, 1.807) is 27.2 Å². The predicted molar refractivity (Wildman–Crippen MR) is 178 cm³/mol. The van der Waals surface area contributed by atoms with Gasteiger partial charge in [0, 0.05) is 38.5 Å². The van der Waals surface area contributed by atoms with E-state index >= 15 is 0 Å². The van der Waals surface area contributed by atoms with Crippen LogP contribution in [0.1, 0.15) is 95.7 Å². The van der Waals surface area contributed by atoms with Crippen LogP contribution in [0.5, 0.6) is 0 Å². The number of nitriles is 1. The van der Waals surface area contributed by atoms with Crippen molar-refractivity contribution in [3.05, 3.63) is 57.6 Å². The summed E-state index contributed by atoms with van der Waals surface area (Å²) in [7, 11) is 3.25. The Morgan fingerprint density at radius 2 is 1.81 bits per heavy atom. The number of likely N-dealkylation sites (tertiary alicyclic amines) is 1. The highest BCUT2D eigenvalue weighted by Gasteiger charge is 2.28. The van der Waals surface area contributed by atoms with E-state index in [1.165, 1.54) is 51.1 Å². The second-order valence-electron chi connectivity index (χ2n) is 10.2. The first-order chi connectivity index (χ1) is 20.2. The average Bonchev–Trinajstić information content (AvgIpc) is 3.00. The summed E-state index contributed by atoms with van der Waals surface area (Å²) in [5, 5.41) is 8.98. The summed E-state index contributed by atoms with van der Waals surface area (Å²) in [6, 6.07) is 9.29. The Hall–Kier alpha value is -3.19. The van der Waals surface area contributed by atoms with Crippen LogP contribution in [0.3, 0.4) is 0 Å². The number of piperidine rings is 1. The molecule has 1 saturated heterocycles. The number of nitrogens with zero attached hydrogens (tertiary/aromatic N) is 4. The number of hydrogen-bond acceptors (Lipinski definition) is 8. The average molecular weight is 584 g/mol. The van der Waals surface area contributed by atoms with E-state index in [2.05, 4.69) is 57.9 Å². The number of nitrogens with two attached hydrogens (primary N) is 2. The molecule has 1 fully saturated rings. The smallest absolute Gasteiger partial charge is 0.269 e. The van der Waals surface area contributed by atoms with Gasteiger partial charge in [0.2, 0.25) is 0 Å². The number of aromatic amines is 1. The number of rotatable bonds is 10. The van der Waals surface area contributed by atoms with Crippen molar-refractivity contribution >= 4 is 17.6 Å². The van der Waals surface area contributed by atoms with Gasteiger partial charge in [-0.05, 0) is 82.4 Å². The summed E-state index contributed by atoms with van der Waals surface area (Å²) in [4.78, 5) is 22.6. The fraction of sp³-hybridized carbons (Fsp3) is 0.606. The number of benzene rings is 1. The number of nitrogens with one attached hydrogen (secondary N) is 1. The Morgan fingerprint density at radius 3 is 2.29 bits per heavy atom. The molecule has 0 bridgehead atoms. The van der Waals surface area contributed by atoms with Gasteiger partial charge in [0.05, 0.1) is 17.3 Å². The molecule has 0 amide bonds. The van der Waals surface area contributed by atoms with Gasteiger partial charge in [-0.25, -0.2) is 4.98 Å². The molecule has 9 heteroatoms. The SMILES string of the molecule is C=Cc1[nH]c(=O)c(C)nc1N.CC.CCCCN(C(CC)CC)C1CCN(Cc2ccc(C#N)cc2N)CC1.COC. The Balaban J connectivity index is 0.000000869. The summed E-state index contributed by atoms with van der Waals surface area (Å²) in [6.07, 6.45) is 9.03. The second-order valence-corrected chi connectivity index (χ2v) is 10.2. The van der Waals surface area contributed by atoms with Gasteiger partial charge < -0.3 is 21.2 Å². The highest BCUT2D eigenvalue weighted by atomic mass is 16.4.